The number of hydrogen-bond donors (Lipinski definition) is 1. The topological polar surface area (TPSA) is 69.2 Å². The molecule has 0 aliphatic carbocycles. The minimum absolute atomic E-state index is 0.134. The number of nitrogens with one attached hydrogen (secondary N) is 1. The van der Waals surface area contributed by atoms with Crippen LogP contribution in [0.15, 0.2) is 65.8 Å². The standard InChI is InChI=1S/C24H26N2O4/c1-4-29-22-12-9-18(13-23(22)28-3)15-25-30-16-24(27)26-17(2)20-11-10-19-7-5-6-8-21(19)14-20/h5-15,17H,4,16H2,1-3H3,(H,26,27)/b25-15+. The van der Waals surface area contributed by atoms with Crippen molar-refractivity contribution in [3.8, 4) is 11.5 Å². The average molecular weight is 406 g/mol. The number of benzene rings is 3. The number of carbonyl (C=O) groups excluding carboxylic acids is 1. The number of nitrogens with zero attached hydrogens (tertiary/aromatic N) is 1. The van der Waals surface area contributed by atoms with Gasteiger partial charge in [0.1, 0.15) is 0 Å². The van der Waals surface area contributed by atoms with E-state index in [-0.39, 0.29) is 18.6 Å². The van der Waals surface area contributed by atoms with Crippen molar-refractivity contribution in [1.82, 2.24) is 5.32 Å². The second-order valence-corrected chi connectivity index (χ2v) is 6.75. The van der Waals surface area contributed by atoms with Gasteiger partial charge in [0.05, 0.1) is 26.0 Å². The first kappa shape index (κ1) is 21.2. The molecule has 3 aromatic carbocycles. The van der Waals surface area contributed by atoms with Gasteiger partial charge in [-0.15, -0.1) is 0 Å². The highest BCUT2D eigenvalue weighted by Crippen LogP contribution is 2.27. The van der Waals surface area contributed by atoms with E-state index in [9.17, 15) is 4.79 Å². The summed E-state index contributed by atoms with van der Waals surface area (Å²) in [4.78, 5) is 17.3. The number of carbonyl (C=O) groups is 1. The van der Waals surface area contributed by atoms with E-state index in [1.807, 2.05) is 44.2 Å². The molecule has 6 heteroatoms. The van der Waals surface area contributed by atoms with Crippen molar-refractivity contribution in [1.29, 1.82) is 0 Å². The first-order valence-electron chi connectivity index (χ1n) is 9.85. The third-order valence-corrected chi connectivity index (χ3v) is 4.61. The molecule has 0 aliphatic rings. The van der Waals surface area contributed by atoms with E-state index in [4.69, 9.17) is 14.3 Å². The zero-order valence-electron chi connectivity index (χ0n) is 17.4. The molecule has 30 heavy (non-hydrogen) atoms. The Balaban J connectivity index is 1.51. The van der Waals surface area contributed by atoms with Crippen LogP contribution in [0.2, 0.25) is 0 Å². The first-order chi connectivity index (χ1) is 14.6. The predicted molar refractivity (Wildman–Crippen MR) is 118 cm³/mol. The molecule has 0 aromatic heterocycles. The molecule has 6 nitrogen and oxygen atoms in total. The molecule has 1 unspecified atom stereocenters. The lowest BCUT2D eigenvalue weighted by Crippen LogP contribution is -2.29. The maximum Gasteiger partial charge on any atom is 0.261 e. The summed E-state index contributed by atoms with van der Waals surface area (Å²) in [5, 5.41) is 9.11. The second kappa shape index (κ2) is 10.3. The molecule has 1 N–H and O–H groups in total. The fraction of sp³-hybridized carbons (Fsp3) is 0.250. The molecule has 0 fully saturated rings. The maximum absolute atomic E-state index is 12.2. The van der Waals surface area contributed by atoms with Gasteiger partial charge in [-0.1, -0.05) is 41.6 Å². The highest BCUT2D eigenvalue weighted by molar-refractivity contribution is 5.84. The summed E-state index contributed by atoms with van der Waals surface area (Å²) in [6.45, 7) is 4.24. The Morgan fingerprint density at radius 2 is 1.87 bits per heavy atom. The zero-order valence-corrected chi connectivity index (χ0v) is 17.4. The minimum atomic E-state index is -0.239. The normalized spacial score (nSPS) is 12.0. The van der Waals surface area contributed by atoms with Crippen LogP contribution in [0.5, 0.6) is 11.5 Å². The fourth-order valence-corrected chi connectivity index (χ4v) is 3.08. The Hall–Kier alpha value is -3.54. The third kappa shape index (κ3) is 5.50. The Bertz CT molecular complexity index is 1030. The minimum Gasteiger partial charge on any atom is -0.493 e. The van der Waals surface area contributed by atoms with Gasteiger partial charge in [-0.3, -0.25) is 4.79 Å². The average Bonchev–Trinajstić information content (AvgIpc) is 2.77. The predicted octanol–water partition coefficient (Wildman–Crippen LogP) is 4.48. The van der Waals surface area contributed by atoms with Gasteiger partial charge < -0.3 is 19.6 Å². The molecule has 0 saturated heterocycles. The lowest BCUT2D eigenvalue weighted by atomic mass is 10.0. The van der Waals surface area contributed by atoms with Crippen LogP contribution in [-0.2, 0) is 9.63 Å². The van der Waals surface area contributed by atoms with Crippen LogP contribution >= 0.6 is 0 Å². The van der Waals surface area contributed by atoms with Gasteiger partial charge >= 0.3 is 0 Å². The van der Waals surface area contributed by atoms with Gasteiger partial charge in [-0.2, -0.15) is 0 Å². The number of rotatable bonds is 9. The lowest BCUT2D eigenvalue weighted by Gasteiger charge is -2.14. The number of fused-ring (bicyclic) bond motifs is 1. The molecule has 3 aromatic rings. The SMILES string of the molecule is CCOc1ccc(/C=N/OCC(=O)NC(C)c2ccc3ccccc3c2)cc1OC. The molecule has 3 rings (SSSR count). The zero-order chi connectivity index (χ0) is 21.3. The van der Waals surface area contributed by atoms with Crippen molar-refractivity contribution in [2.75, 3.05) is 20.3 Å². The Morgan fingerprint density at radius 3 is 2.63 bits per heavy atom. The summed E-state index contributed by atoms with van der Waals surface area (Å²) in [6, 6.07) is 19.6. The van der Waals surface area contributed by atoms with Gasteiger partial charge in [-0.25, -0.2) is 0 Å². The van der Waals surface area contributed by atoms with Gasteiger partial charge in [-0.05, 0) is 54.4 Å². The molecule has 0 bridgehead atoms. The van der Waals surface area contributed by atoms with Crippen molar-refractivity contribution in [2.24, 2.45) is 5.16 Å². The van der Waals surface area contributed by atoms with E-state index in [1.165, 1.54) is 11.6 Å². The largest absolute Gasteiger partial charge is 0.493 e. The molecule has 0 spiro atoms. The highest BCUT2D eigenvalue weighted by atomic mass is 16.6. The number of hydrogen-bond acceptors (Lipinski definition) is 5. The van der Waals surface area contributed by atoms with Gasteiger partial charge in [0.15, 0.2) is 18.1 Å². The molecular weight excluding hydrogens is 380 g/mol. The fourth-order valence-electron chi connectivity index (χ4n) is 3.08. The van der Waals surface area contributed by atoms with E-state index < -0.39 is 0 Å². The summed E-state index contributed by atoms with van der Waals surface area (Å²) >= 11 is 0. The number of methoxy groups -OCH3 is 1. The quantitative estimate of drug-likeness (QED) is 0.420. The van der Waals surface area contributed by atoms with Crippen LogP contribution in [0.25, 0.3) is 10.8 Å². The van der Waals surface area contributed by atoms with Crippen LogP contribution in [0.4, 0.5) is 0 Å². The molecule has 0 saturated carbocycles. The summed E-state index contributed by atoms with van der Waals surface area (Å²) in [7, 11) is 1.58. The van der Waals surface area contributed by atoms with Gasteiger partial charge in [0, 0.05) is 5.56 Å². The first-order valence-corrected chi connectivity index (χ1v) is 9.85. The van der Waals surface area contributed by atoms with E-state index >= 15 is 0 Å². The number of oxime groups is 1. The van der Waals surface area contributed by atoms with E-state index in [0.717, 1.165) is 16.5 Å². The lowest BCUT2D eigenvalue weighted by molar-refractivity contribution is -0.126. The van der Waals surface area contributed by atoms with Crippen LogP contribution in [0, 0.1) is 0 Å². The van der Waals surface area contributed by atoms with Crippen molar-refractivity contribution < 1.29 is 19.1 Å². The summed E-state index contributed by atoms with van der Waals surface area (Å²) in [5.74, 6) is 1.04. The smallest absolute Gasteiger partial charge is 0.261 e. The second-order valence-electron chi connectivity index (χ2n) is 6.75. The Morgan fingerprint density at radius 1 is 1.07 bits per heavy atom. The highest BCUT2D eigenvalue weighted by Gasteiger charge is 2.10. The summed E-state index contributed by atoms with van der Waals surface area (Å²) in [5.41, 5.74) is 1.81. The van der Waals surface area contributed by atoms with Gasteiger partial charge in [0.2, 0.25) is 0 Å². The molecule has 0 heterocycles. The molecule has 1 amide bonds. The Kier molecular flexibility index (Phi) is 7.27. The third-order valence-electron chi connectivity index (χ3n) is 4.61. The van der Waals surface area contributed by atoms with Crippen molar-refractivity contribution in [3.05, 3.63) is 71.8 Å². The van der Waals surface area contributed by atoms with Crippen molar-refractivity contribution in [2.45, 2.75) is 19.9 Å². The number of amides is 1. The van der Waals surface area contributed by atoms with E-state index in [2.05, 4.69) is 34.7 Å². The molecule has 156 valence electrons. The molecule has 0 aliphatic heterocycles. The van der Waals surface area contributed by atoms with Crippen LogP contribution in [-0.4, -0.2) is 32.4 Å². The maximum atomic E-state index is 12.2. The van der Waals surface area contributed by atoms with E-state index in [1.54, 1.807) is 13.2 Å². The summed E-state index contributed by atoms with van der Waals surface area (Å²) in [6.07, 6.45) is 1.53. The van der Waals surface area contributed by atoms with Gasteiger partial charge in [0.25, 0.3) is 5.91 Å². The van der Waals surface area contributed by atoms with Crippen molar-refractivity contribution >= 4 is 22.9 Å². The Labute approximate surface area is 176 Å². The summed E-state index contributed by atoms with van der Waals surface area (Å²) < 4.78 is 10.8. The van der Waals surface area contributed by atoms with Crippen LogP contribution < -0.4 is 14.8 Å². The van der Waals surface area contributed by atoms with Crippen LogP contribution in [0.3, 0.4) is 0 Å². The molecule has 1 atom stereocenters. The van der Waals surface area contributed by atoms with E-state index in [0.29, 0.717) is 18.1 Å². The van der Waals surface area contributed by atoms with Crippen molar-refractivity contribution in [3.63, 3.8) is 0 Å². The van der Waals surface area contributed by atoms with Crippen LogP contribution in [0.1, 0.15) is 31.0 Å². The molecular formula is C24H26N2O4. The number of ether oxygens (including phenoxy) is 2. The molecule has 0 radical (unpaired) electrons. The monoisotopic (exact) mass is 406 g/mol.